The number of pyridine rings is 1. The smallest absolute Gasteiger partial charge is 0.253 e. The molecule has 0 aliphatic heterocycles. The van der Waals surface area contributed by atoms with Crippen molar-refractivity contribution in [3.8, 4) is 0 Å². The van der Waals surface area contributed by atoms with Gasteiger partial charge in [0.15, 0.2) is 5.65 Å². The fourth-order valence-electron chi connectivity index (χ4n) is 3.51. The van der Waals surface area contributed by atoms with Crippen LogP contribution in [0.1, 0.15) is 47.6 Å². The maximum Gasteiger partial charge on any atom is 0.253 e. The molecule has 26 heavy (non-hydrogen) atoms. The molecule has 2 heterocycles. The quantitative estimate of drug-likeness (QED) is 0.760. The van der Waals surface area contributed by atoms with Crippen molar-refractivity contribution in [3.63, 3.8) is 0 Å². The third-order valence-corrected chi connectivity index (χ3v) is 4.88. The zero-order valence-corrected chi connectivity index (χ0v) is 14.6. The predicted molar refractivity (Wildman–Crippen MR) is 103 cm³/mol. The molecular formula is C21H22N4O. The number of rotatable bonds is 5. The molecule has 1 aromatic carbocycles. The third-order valence-electron chi connectivity index (χ3n) is 4.88. The number of carbonyl (C=O) groups is 1. The molecule has 1 fully saturated rings. The zero-order valence-electron chi connectivity index (χ0n) is 14.6. The van der Waals surface area contributed by atoms with Crippen LogP contribution < -0.4 is 5.32 Å². The molecule has 1 aliphatic rings. The van der Waals surface area contributed by atoms with E-state index in [9.17, 15) is 4.79 Å². The molecule has 5 heteroatoms. The maximum atomic E-state index is 12.3. The second kappa shape index (κ2) is 7.52. The summed E-state index contributed by atoms with van der Waals surface area (Å²) in [7, 11) is 0. The Balaban J connectivity index is 1.41. The molecule has 132 valence electrons. The summed E-state index contributed by atoms with van der Waals surface area (Å²) < 4.78 is 2.16. The Kier molecular flexibility index (Phi) is 4.78. The van der Waals surface area contributed by atoms with E-state index in [1.807, 2.05) is 54.9 Å². The van der Waals surface area contributed by atoms with Crippen LogP contribution in [0.3, 0.4) is 0 Å². The second-order valence-corrected chi connectivity index (χ2v) is 6.68. The lowest BCUT2D eigenvalue weighted by atomic mass is 10.2. The van der Waals surface area contributed by atoms with Gasteiger partial charge >= 0.3 is 0 Å². The van der Waals surface area contributed by atoms with Gasteiger partial charge in [-0.25, -0.2) is 9.97 Å². The van der Waals surface area contributed by atoms with Gasteiger partial charge in [0.1, 0.15) is 5.52 Å². The topological polar surface area (TPSA) is 59.8 Å². The molecule has 0 atom stereocenters. The van der Waals surface area contributed by atoms with Crippen molar-refractivity contribution in [2.45, 2.75) is 31.7 Å². The van der Waals surface area contributed by atoms with E-state index in [0.29, 0.717) is 18.2 Å². The molecule has 0 unspecified atom stereocenters. The van der Waals surface area contributed by atoms with Crippen molar-refractivity contribution < 1.29 is 4.79 Å². The average Bonchev–Trinajstić information content (AvgIpc) is 3.34. The van der Waals surface area contributed by atoms with Crippen LogP contribution in [-0.2, 0) is 0 Å². The van der Waals surface area contributed by atoms with E-state index >= 15 is 0 Å². The molecule has 0 spiro atoms. The van der Waals surface area contributed by atoms with Crippen molar-refractivity contribution >= 4 is 23.1 Å². The SMILES string of the molecule is O=C(NC/C=C/c1ccccc1)c1cnc2c(c1)ncn2C1CCCC1. The summed E-state index contributed by atoms with van der Waals surface area (Å²) in [5, 5.41) is 2.90. The third kappa shape index (κ3) is 3.52. The number of benzene rings is 1. The van der Waals surface area contributed by atoms with E-state index in [4.69, 9.17) is 0 Å². The Morgan fingerprint density at radius 1 is 1.19 bits per heavy atom. The van der Waals surface area contributed by atoms with Crippen LogP contribution in [0.5, 0.6) is 0 Å². The van der Waals surface area contributed by atoms with Crippen LogP contribution in [0.4, 0.5) is 0 Å². The van der Waals surface area contributed by atoms with E-state index in [1.165, 1.54) is 25.7 Å². The average molecular weight is 346 g/mol. The van der Waals surface area contributed by atoms with Gasteiger partial charge < -0.3 is 9.88 Å². The van der Waals surface area contributed by atoms with Crippen LogP contribution in [0.15, 0.2) is 55.0 Å². The van der Waals surface area contributed by atoms with Gasteiger partial charge in [-0.15, -0.1) is 0 Å². The van der Waals surface area contributed by atoms with E-state index in [2.05, 4.69) is 19.9 Å². The summed E-state index contributed by atoms with van der Waals surface area (Å²) in [6, 6.07) is 12.3. The number of amides is 1. The number of imidazole rings is 1. The molecule has 1 N–H and O–H groups in total. The van der Waals surface area contributed by atoms with Crippen molar-refractivity contribution in [3.05, 3.63) is 66.1 Å². The minimum atomic E-state index is -0.132. The summed E-state index contributed by atoms with van der Waals surface area (Å²) in [6.45, 7) is 0.474. The molecule has 0 saturated heterocycles. The first-order valence-corrected chi connectivity index (χ1v) is 9.13. The van der Waals surface area contributed by atoms with Crippen molar-refractivity contribution in [1.29, 1.82) is 0 Å². The fraction of sp³-hybridized carbons (Fsp3) is 0.286. The normalized spacial score (nSPS) is 15.1. The van der Waals surface area contributed by atoms with Crippen molar-refractivity contribution in [1.82, 2.24) is 19.9 Å². The number of fused-ring (bicyclic) bond motifs is 1. The fourth-order valence-corrected chi connectivity index (χ4v) is 3.51. The molecule has 5 nitrogen and oxygen atoms in total. The van der Waals surface area contributed by atoms with Gasteiger partial charge in [-0.2, -0.15) is 0 Å². The van der Waals surface area contributed by atoms with E-state index in [1.54, 1.807) is 6.20 Å². The number of carbonyl (C=O) groups excluding carboxylic acids is 1. The van der Waals surface area contributed by atoms with Gasteiger partial charge in [0.2, 0.25) is 0 Å². The van der Waals surface area contributed by atoms with Crippen molar-refractivity contribution in [2.75, 3.05) is 6.54 Å². The van der Waals surface area contributed by atoms with Crippen LogP contribution in [0, 0.1) is 0 Å². The van der Waals surface area contributed by atoms with E-state index in [-0.39, 0.29) is 5.91 Å². The lowest BCUT2D eigenvalue weighted by Gasteiger charge is -2.11. The largest absolute Gasteiger partial charge is 0.349 e. The predicted octanol–water partition coefficient (Wildman–Crippen LogP) is 3.99. The lowest BCUT2D eigenvalue weighted by molar-refractivity contribution is 0.0958. The number of hydrogen-bond acceptors (Lipinski definition) is 3. The molecule has 4 rings (SSSR count). The Morgan fingerprint density at radius 2 is 2.00 bits per heavy atom. The van der Waals surface area contributed by atoms with Crippen LogP contribution in [0.2, 0.25) is 0 Å². The molecule has 0 bridgehead atoms. The molecule has 1 aliphatic carbocycles. The molecule has 1 saturated carbocycles. The standard InChI is InChI=1S/C21H22N4O/c26-21(22-12-6-9-16-7-2-1-3-8-16)17-13-19-20(23-14-17)25(15-24-19)18-10-4-5-11-18/h1-3,6-9,13-15,18H,4-5,10-12H2,(H,22,26)/b9-6+. The summed E-state index contributed by atoms with van der Waals surface area (Å²) in [6.07, 6.45) is 12.3. The Morgan fingerprint density at radius 3 is 2.81 bits per heavy atom. The van der Waals surface area contributed by atoms with Crippen LogP contribution >= 0.6 is 0 Å². The maximum absolute atomic E-state index is 12.3. The van der Waals surface area contributed by atoms with E-state index in [0.717, 1.165) is 16.7 Å². The lowest BCUT2D eigenvalue weighted by Crippen LogP contribution is -2.23. The summed E-state index contributed by atoms with van der Waals surface area (Å²) in [5.74, 6) is -0.132. The highest BCUT2D eigenvalue weighted by Gasteiger charge is 2.19. The minimum Gasteiger partial charge on any atom is -0.349 e. The molecular weight excluding hydrogens is 324 g/mol. The number of nitrogens with one attached hydrogen (secondary N) is 1. The van der Waals surface area contributed by atoms with Crippen LogP contribution in [-0.4, -0.2) is 27.0 Å². The van der Waals surface area contributed by atoms with Gasteiger partial charge in [0.25, 0.3) is 5.91 Å². The number of aromatic nitrogens is 3. The first-order valence-electron chi connectivity index (χ1n) is 9.13. The summed E-state index contributed by atoms with van der Waals surface area (Å²) >= 11 is 0. The first-order chi connectivity index (χ1) is 12.8. The summed E-state index contributed by atoms with van der Waals surface area (Å²) in [4.78, 5) is 21.3. The highest BCUT2D eigenvalue weighted by atomic mass is 16.1. The Bertz CT molecular complexity index is 924. The van der Waals surface area contributed by atoms with Gasteiger partial charge in [0.05, 0.1) is 11.9 Å². The number of hydrogen-bond donors (Lipinski definition) is 1. The van der Waals surface area contributed by atoms with Gasteiger partial charge in [0, 0.05) is 18.8 Å². The van der Waals surface area contributed by atoms with Crippen molar-refractivity contribution in [2.24, 2.45) is 0 Å². The Labute approximate surface area is 152 Å². The van der Waals surface area contributed by atoms with Gasteiger partial charge in [-0.1, -0.05) is 55.3 Å². The van der Waals surface area contributed by atoms with Crippen LogP contribution in [0.25, 0.3) is 17.2 Å². The zero-order chi connectivity index (χ0) is 17.8. The second-order valence-electron chi connectivity index (χ2n) is 6.68. The highest BCUT2D eigenvalue weighted by molar-refractivity contribution is 5.96. The minimum absolute atomic E-state index is 0.132. The molecule has 3 aromatic rings. The van der Waals surface area contributed by atoms with Gasteiger partial charge in [-0.05, 0) is 24.5 Å². The molecule has 1 amide bonds. The monoisotopic (exact) mass is 346 g/mol. The number of nitrogens with zero attached hydrogens (tertiary/aromatic N) is 3. The highest BCUT2D eigenvalue weighted by Crippen LogP contribution is 2.31. The molecule has 0 radical (unpaired) electrons. The first kappa shape index (κ1) is 16.5. The summed E-state index contributed by atoms with van der Waals surface area (Å²) in [5.41, 5.74) is 3.31. The van der Waals surface area contributed by atoms with Gasteiger partial charge in [-0.3, -0.25) is 4.79 Å². The molecule has 2 aromatic heterocycles. The van der Waals surface area contributed by atoms with E-state index < -0.39 is 0 Å². The Hall–Kier alpha value is -2.95.